The summed E-state index contributed by atoms with van der Waals surface area (Å²) in [5, 5.41) is 2.76. The zero-order chi connectivity index (χ0) is 21.0. The van der Waals surface area contributed by atoms with Crippen LogP contribution < -0.4 is 10.1 Å². The maximum atomic E-state index is 12.7. The second kappa shape index (κ2) is 6.81. The minimum Gasteiger partial charge on any atom is -0.453 e. The summed E-state index contributed by atoms with van der Waals surface area (Å²) >= 11 is 0. The zero-order valence-corrected chi connectivity index (χ0v) is 16.2. The van der Waals surface area contributed by atoms with Gasteiger partial charge >= 0.3 is 12.5 Å². The lowest BCUT2D eigenvalue weighted by molar-refractivity contribution is -0.274. The number of nitrogens with one attached hydrogen (secondary N) is 1. The molecule has 2 amide bonds. The van der Waals surface area contributed by atoms with Crippen LogP contribution in [0.25, 0.3) is 0 Å². The van der Waals surface area contributed by atoms with Crippen molar-refractivity contribution < 1.29 is 32.2 Å². The number of ether oxygens (including phenoxy) is 2. The molecule has 29 heavy (non-hydrogen) atoms. The second-order valence-electron chi connectivity index (χ2n) is 8.50. The molecule has 9 heteroatoms. The molecule has 0 bridgehead atoms. The number of fused-ring (bicyclic) bond motifs is 1. The van der Waals surface area contributed by atoms with Crippen LogP contribution in [-0.2, 0) is 9.53 Å². The molecule has 158 valence electrons. The Morgan fingerprint density at radius 1 is 1.21 bits per heavy atom. The topological polar surface area (TPSA) is 67.9 Å². The van der Waals surface area contributed by atoms with E-state index in [-0.39, 0.29) is 35.3 Å². The summed E-state index contributed by atoms with van der Waals surface area (Å²) in [7, 11) is 1.30. The molecule has 1 aromatic carbocycles. The Hall–Kier alpha value is -2.45. The summed E-state index contributed by atoms with van der Waals surface area (Å²) in [4.78, 5) is 26.0. The van der Waals surface area contributed by atoms with Crippen LogP contribution in [-0.4, -0.2) is 49.0 Å². The molecule has 6 nitrogen and oxygen atoms in total. The maximum absolute atomic E-state index is 12.7. The van der Waals surface area contributed by atoms with Gasteiger partial charge in [0.15, 0.2) is 0 Å². The molecule has 0 unspecified atom stereocenters. The number of likely N-dealkylation sites (tertiary alicyclic amines) is 1. The Labute approximate surface area is 166 Å². The highest BCUT2D eigenvalue weighted by Crippen LogP contribution is 2.59. The summed E-state index contributed by atoms with van der Waals surface area (Å²) in [5.74, 6) is 0.494. The third kappa shape index (κ3) is 4.00. The van der Waals surface area contributed by atoms with Gasteiger partial charge in [0.1, 0.15) is 5.75 Å². The lowest BCUT2D eigenvalue weighted by atomic mass is 9.69. The lowest BCUT2D eigenvalue weighted by Crippen LogP contribution is -2.58. The highest BCUT2D eigenvalue weighted by Gasteiger charge is 2.58. The molecule has 1 aromatic rings. The average Bonchev–Trinajstić information content (AvgIpc) is 3.11. The fourth-order valence-electron chi connectivity index (χ4n) is 4.98. The van der Waals surface area contributed by atoms with Gasteiger partial charge in [-0.15, -0.1) is 13.2 Å². The first-order valence-electron chi connectivity index (χ1n) is 9.59. The van der Waals surface area contributed by atoms with Crippen LogP contribution in [0.4, 0.5) is 18.0 Å². The van der Waals surface area contributed by atoms with Gasteiger partial charge < -0.3 is 19.7 Å². The molecular weight excluding hydrogens is 389 g/mol. The van der Waals surface area contributed by atoms with Crippen LogP contribution in [0.3, 0.4) is 0 Å². The molecule has 1 saturated heterocycles. The van der Waals surface area contributed by atoms with Crippen LogP contribution in [0, 0.1) is 17.8 Å². The molecule has 0 spiro atoms. The molecule has 1 aliphatic heterocycles. The normalized spacial score (nSPS) is 32.8. The molecule has 0 aromatic heterocycles. The predicted octanol–water partition coefficient (Wildman–Crippen LogP) is 3.28. The van der Waals surface area contributed by atoms with E-state index in [4.69, 9.17) is 0 Å². The van der Waals surface area contributed by atoms with Crippen LogP contribution >= 0.6 is 0 Å². The lowest BCUT2D eigenvalue weighted by Gasteiger charge is -2.45. The smallest absolute Gasteiger partial charge is 0.453 e. The fraction of sp³-hybridized carbons (Fsp3) is 0.600. The van der Waals surface area contributed by atoms with Crippen molar-refractivity contribution >= 4 is 12.0 Å². The number of carbonyl (C=O) groups excluding carboxylic acids is 2. The maximum Gasteiger partial charge on any atom is 0.573 e. The van der Waals surface area contributed by atoms with Gasteiger partial charge in [-0.1, -0.05) is 12.1 Å². The van der Waals surface area contributed by atoms with Gasteiger partial charge in [0.25, 0.3) is 0 Å². The van der Waals surface area contributed by atoms with Gasteiger partial charge in [0.2, 0.25) is 5.91 Å². The first-order valence-corrected chi connectivity index (χ1v) is 9.59. The van der Waals surface area contributed by atoms with Crippen molar-refractivity contribution in [2.45, 2.75) is 37.6 Å². The van der Waals surface area contributed by atoms with E-state index in [1.807, 2.05) is 17.9 Å². The zero-order valence-electron chi connectivity index (χ0n) is 16.2. The van der Waals surface area contributed by atoms with Crippen LogP contribution in [0.15, 0.2) is 24.3 Å². The van der Waals surface area contributed by atoms with Gasteiger partial charge in [-0.2, -0.15) is 0 Å². The fourth-order valence-corrected chi connectivity index (χ4v) is 4.98. The van der Waals surface area contributed by atoms with Gasteiger partial charge in [-0.3, -0.25) is 4.79 Å². The van der Waals surface area contributed by atoms with Crippen molar-refractivity contribution in [2.24, 2.45) is 17.8 Å². The number of amides is 2. The van der Waals surface area contributed by atoms with E-state index in [0.717, 1.165) is 5.56 Å². The largest absolute Gasteiger partial charge is 0.573 e. The summed E-state index contributed by atoms with van der Waals surface area (Å²) in [6.07, 6.45) is -4.05. The summed E-state index contributed by atoms with van der Waals surface area (Å²) in [6, 6.07) is 6.12. The van der Waals surface area contributed by atoms with E-state index in [2.05, 4.69) is 14.8 Å². The SMILES string of the molecule is COC(=O)N[C@]1(C)C[C@H](C(=O)N2C[C@@H]3[C@H](C2)[C@H]3c2cccc(OC(F)(F)F)c2)C1. The first-order chi connectivity index (χ1) is 13.6. The number of piperidine rings is 1. The first kappa shape index (κ1) is 19.8. The van der Waals surface area contributed by atoms with Crippen molar-refractivity contribution in [1.29, 1.82) is 0 Å². The summed E-state index contributed by atoms with van der Waals surface area (Å²) < 4.78 is 45.9. The number of benzene rings is 1. The highest BCUT2D eigenvalue weighted by atomic mass is 19.4. The second-order valence-corrected chi connectivity index (χ2v) is 8.50. The van der Waals surface area contributed by atoms with Crippen LogP contribution in [0.5, 0.6) is 5.75 Å². The molecule has 2 aliphatic carbocycles. The highest BCUT2D eigenvalue weighted by molar-refractivity contribution is 5.81. The Balaban J connectivity index is 1.29. The Kier molecular flexibility index (Phi) is 4.66. The quantitative estimate of drug-likeness (QED) is 0.824. The van der Waals surface area contributed by atoms with Crippen molar-refractivity contribution in [3.05, 3.63) is 29.8 Å². The summed E-state index contributed by atoms with van der Waals surface area (Å²) in [6.45, 7) is 3.13. The Bertz CT molecular complexity index is 810. The van der Waals surface area contributed by atoms with E-state index < -0.39 is 18.0 Å². The number of rotatable bonds is 4. The number of hydrogen-bond donors (Lipinski definition) is 1. The standard InChI is InChI=1S/C20H23F3N2O4/c1-19(24-18(27)28-2)7-12(8-19)17(26)25-9-14-15(10-25)16(14)11-4-3-5-13(6-11)29-20(21,22)23/h3-6,12,14-16H,7-10H2,1-2H3,(H,24,27)/t12-,14-,15+,16+,19+. The van der Waals surface area contributed by atoms with E-state index in [1.54, 1.807) is 6.07 Å². The number of halogens is 3. The van der Waals surface area contributed by atoms with E-state index >= 15 is 0 Å². The van der Waals surface area contributed by atoms with Gasteiger partial charge in [-0.05, 0) is 55.2 Å². The third-order valence-corrected chi connectivity index (χ3v) is 6.31. The van der Waals surface area contributed by atoms with Gasteiger partial charge in [-0.25, -0.2) is 4.79 Å². The molecule has 1 N–H and O–H groups in total. The van der Waals surface area contributed by atoms with Crippen LogP contribution in [0.2, 0.25) is 0 Å². The number of alkyl carbamates (subject to hydrolysis) is 1. The molecule has 4 rings (SSSR count). The van der Waals surface area contributed by atoms with Crippen LogP contribution in [0.1, 0.15) is 31.2 Å². The molecule has 3 atom stereocenters. The molecule has 0 radical (unpaired) electrons. The number of methoxy groups -OCH3 is 1. The predicted molar refractivity (Wildman–Crippen MR) is 96.1 cm³/mol. The van der Waals surface area contributed by atoms with Crippen molar-refractivity contribution in [2.75, 3.05) is 20.2 Å². The number of hydrogen-bond acceptors (Lipinski definition) is 4. The average molecular weight is 412 g/mol. The Morgan fingerprint density at radius 3 is 2.45 bits per heavy atom. The van der Waals surface area contributed by atoms with Crippen molar-refractivity contribution in [1.82, 2.24) is 10.2 Å². The Morgan fingerprint density at radius 2 is 1.86 bits per heavy atom. The summed E-state index contributed by atoms with van der Waals surface area (Å²) in [5.41, 5.74) is 0.407. The molecule has 3 aliphatic rings. The molecule has 2 saturated carbocycles. The minimum atomic E-state index is -4.71. The van der Waals surface area contributed by atoms with E-state index in [1.165, 1.54) is 19.2 Å². The van der Waals surface area contributed by atoms with E-state index in [9.17, 15) is 22.8 Å². The molecular formula is C20H23F3N2O4. The minimum absolute atomic E-state index is 0.0919. The van der Waals surface area contributed by atoms with Gasteiger partial charge in [0, 0.05) is 24.5 Å². The monoisotopic (exact) mass is 412 g/mol. The van der Waals surface area contributed by atoms with Gasteiger partial charge in [0.05, 0.1) is 7.11 Å². The third-order valence-electron chi connectivity index (χ3n) is 6.31. The molecule has 3 fully saturated rings. The number of alkyl halides is 3. The van der Waals surface area contributed by atoms with Crippen molar-refractivity contribution in [3.8, 4) is 5.75 Å². The molecule has 1 heterocycles. The number of carbonyl (C=O) groups is 2. The number of nitrogens with zero attached hydrogens (tertiary/aromatic N) is 1. The van der Waals surface area contributed by atoms with Crippen molar-refractivity contribution in [3.63, 3.8) is 0 Å². The van der Waals surface area contributed by atoms with E-state index in [0.29, 0.717) is 25.9 Å².